The van der Waals surface area contributed by atoms with Crippen molar-refractivity contribution < 1.29 is 29.4 Å². The smallest absolute Gasteiger partial charge is 0.322 e. The molecule has 0 aromatic heterocycles. The van der Waals surface area contributed by atoms with Gasteiger partial charge in [0.2, 0.25) is 17.7 Å². The predicted octanol–water partition coefficient (Wildman–Crippen LogP) is -3.95. The van der Waals surface area contributed by atoms with Crippen molar-refractivity contribution in [1.29, 1.82) is 0 Å². The first-order valence-electron chi connectivity index (χ1n) is 10.3. The van der Waals surface area contributed by atoms with Gasteiger partial charge in [-0.15, -0.1) is 0 Å². The van der Waals surface area contributed by atoms with Crippen LogP contribution in [0.1, 0.15) is 39.0 Å². The molecule has 0 radical (unpaired) electrons. The molecule has 4 unspecified atom stereocenters. The summed E-state index contributed by atoms with van der Waals surface area (Å²) in [6.45, 7) is 1.28. The number of nitrogens with two attached hydrogens (primary N) is 4. The van der Waals surface area contributed by atoms with E-state index in [2.05, 4.69) is 20.9 Å². The van der Waals surface area contributed by atoms with Crippen LogP contribution in [0.15, 0.2) is 4.99 Å². The van der Waals surface area contributed by atoms with Crippen LogP contribution >= 0.6 is 0 Å². The number of carboxylic acid groups (broad SMARTS) is 1. The van der Waals surface area contributed by atoms with Crippen LogP contribution in [0.2, 0.25) is 0 Å². The zero-order valence-corrected chi connectivity index (χ0v) is 18.3. The van der Waals surface area contributed by atoms with Gasteiger partial charge in [-0.1, -0.05) is 6.42 Å². The maximum absolute atomic E-state index is 12.7. The van der Waals surface area contributed by atoms with Gasteiger partial charge in [-0.25, -0.2) is 0 Å². The molecule has 0 aliphatic heterocycles. The molecule has 0 saturated heterocycles. The van der Waals surface area contributed by atoms with Gasteiger partial charge in [-0.3, -0.25) is 24.2 Å². The minimum atomic E-state index is -1.38. The number of guanidine groups is 1. The molecule has 14 heteroatoms. The normalized spacial score (nSPS) is 14.4. The monoisotopic (exact) mass is 460 g/mol. The summed E-state index contributed by atoms with van der Waals surface area (Å²) in [6, 6.07) is -3.42. The van der Waals surface area contributed by atoms with Crippen LogP contribution in [0.3, 0.4) is 0 Å². The second-order valence-electron chi connectivity index (χ2n) is 7.24. The van der Waals surface area contributed by atoms with Crippen molar-refractivity contribution in [3.05, 3.63) is 0 Å². The molecule has 4 atom stereocenters. The number of aliphatic hydroxyl groups excluding tert-OH is 1. The lowest BCUT2D eigenvalue weighted by Gasteiger charge is -2.25. The molecule has 0 heterocycles. The minimum absolute atomic E-state index is 0.0764. The fourth-order valence-electron chi connectivity index (χ4n) is 2.63. The molecule has 0 aliphatic rings. The Bertz CT molecular complexity index is 653. The Hall–Kier alpha value is -2.97. The quantitative estimate of drug-likeness (QED) is 0.0612. The third-order valence-electron chi connectivity index (χ3n) is 4.36. The van der Waals surface area contributed by atoms with Crippen LogP contribution in [0, 0.1) is 0 Å². The molecule has 0 aliphatic carbocycles. The Balaban J connectivity index is 5.16. The molecule has 0 fully saturated rings. The van der Waals surface area contributed by atoms with E-state index in [0.717, 1.165) is 0 Å². The molecule has 0 spiro atoms. The maximum Gasteiger partial charge on any atom is 0.322 e. The molecule has 0 aromatic carbocycles. The van der Waals surface area contributed by atoms with Gasteiger partial charge < -0.3 is 49.1 Å². The van der Waals surface area contributed by atoms with Crippen LogP contribution in [-0.4, -0.2) is 83.7 Å². The first kappa shape index (κ1) is 29.0. The number of nitrogens with one attached hydrogen (secondary N) is 3. The summed E-state index contributed by atoms with van der Waals surface area (Å²) in [6.07, 6.45) is 0.739. The molecule has 14 nitrogen and oxygen atoms in total. The number of rotatable bonds is 16. The average Bonchev–Trinajstić information content (AvgIpc) is 2.71. The molecular weight excluding hydrogens is 424 g/mol. The summed E-state index contributed by atoms with van der Waals surface area (Å²) in [4.78, 5) is 51.8. The highest BCUT2D eigenvalue weighted by atomic mass is 16.4. The topological polar surface area (TPSA) is 261 Å². The van der Waals surface area contributed by atoms with Crippen LogP contribution in [0.25, 0.3) is 0 Å². The largest absolute Gasteiger partial charge is 0.480 e. The molecule has 0 rings (SSSR count). The molecule has 0 aromatic rings. The summed E-state index contributed by atoms with van der Waals surface area (Å²) < 4.78 is 0. The molecule has 13 N–H and O–H groups in total. The van der Waals surface area contributed by atoms with Gasteiger partial charge in [-0.2, -0.15) is 0 Å². The van der Waals surface area contributed by atoms with Crippen LogP contribution in [-0.2, 0) is 19.2 Å². The molecule has 184 valence electrons. The summed E-state index contributed by atoms with van der Waals surface area (Å²) in [5.41, 5.74) is 21.7. The molecule has 0 saturated carbocycles. The number of nitrogens with zero attached hydrogens (tertiary/aromatic N) is 1. The van der Waals surface area contributed by atoms with Gasteiger partial charge >= 0.3 is 5.97 Å². The predicted molar refractivity (Wildman–Crippen MR) is 117 cm³/mol. The second kappa shape index (κ2) is 15.8. The van der Waals surface area contributed by atoms with Gasteiger partial charge in [0.25, 0.3) is 0 Å². The van der Waals surface area contributed by atoms with E-state index in [-0.39, 0.29) is 18.9 Å². The van der Waals surface area contributed by atoms with E-state index in [1.165, 1.54) is 6.92 Å². The van der Waals surface area contributed by atoms with Crippen molar-refractivity contribution >= 4 is 29.7 Å². The molecule has 3 amide bonds. The fourth-order valence-corrected chi connectivity index (χ4v) is 2.63. The summed E-state index contributed by atoms with van der Waals surface area (Å²) in [7, 11) is 0. The lowest BCUT2D eigenvalue weighted by molar-refractivity contribution is -0.138. The lowest BCUT2D eigenvalue weighted by atomic mass is 10.1. The number of carboxylic acids is 1. The van der Waals surface area contributed by atoms with E-state index in [9.17, 15) is 24.3 Å². The third-order valence-corrected chi connectivity index (χ3v) is 4.36. The number of amides is 3. The number of unbranched alkanes of at least 4 members (excludes halogenated alkanes) is 1. The maximum atomic E-state index is 12.7. The molecular formula is C18H36N8O6. The summed E-state index contributed by atoms with van der Waals surface area (Å²) >= 11 is 0. The zero-order chi connectivity index (χ0) is 24.7. The number of aliphatic hydroxyl groups is 1. The van der Waals surface area contributed by atoms with Crippen molar-refractivity contribution in [2.75, 3.05) is 19.6 Å². The first-order valence-corrected chi connectivity index (χ1v) is 10.3. The number of carbonyl (C=O) groups is 4. The van der Waals surface area contributed by atoms with Gasteiger partial charge in [0, 0.05) is 6.54 Å². The van der Waals surface area contributed by atoms with Crippen molar-refractivity contribution in [1.82, 2.24) is 16.0 Å². The standard InChI is InChI=1S/C18H36N8O6/c1-10(27)14(26-15(30)11(20)5-2-3-7-19)17(32)25-12(6-4-8-23-18(21)22)16(31)24-9-13(28)29/h10-12,14,27H,2-9,19-20H2,1H3,(H,24,31)(H,25,32)(H,26,30)(H,28,29)(H4,21,22,23). The summed E-state index contributed by atoms with van der Waals surface area (Å²) in [5, 5.41) is 25.7. The summed E-state index contributed by atoms with van der Waals surface area (Å²) in [5.74, 6) is -3.62. The highest BCUT2D eigenvalue weighted by Gasteiger charge is 2.30. The third kappa shape index (κ3) is 12.7. The van der Waals surface area contributed by atoms with E-state index < -0.39 is 54.5 Å². The number of aliphatic imine (C=N–C) groups is 1. The highest BCUT2D eigenvalue weighted by molar-refractivity contribution is 5.94. The fraction of sp³-hybridized carbons (Fsp3) is 0.722. The Morgan fingerprint density at radius 2 is 1.62 bits per heavy atom. The lowest BCUT2D eigenvalue weighted by Crippen LogP contribution is -2.59. The second-order valence-corrected chi connectivity index (χ2v) is 7.24. The average molecular weight is 461 g/mol. The Morgan fingerprint density at radius 3 is 2.16 bits per heavy atom. The molecule has 0 bridgehead atoms. The number of hydrogen-bond donors (Lipinski definition) is 9. The highest BCUT2D eigenvalue weighted by Crippen LogP contribution is 2.04. The first-order chi connectivity index (χ1) is 15.0. The number of carbonyl (C=O) groups excluding carboxylic acids is 3. The van der Waals surface area contributed by atoms with Crippen molar-refractivity contribution in [2.24, 2.45) is 27.9 Å². The van der Waals surface area contributed by atoms with Crippen molar-refractivity contribution in [3.63, 3.8) is 0 Å². The van der Waals surface area contributed by atoms with Crippen LogP contribution in [0.4, 0.5) is 0 Å². The number of aliphatic carboxylic acids is 1. The molecule has 32 heavy (non-hydrogen) atoms. The number of hydrogen-bond acceptors (Lipinski definition) is 8. The van der Waals surface area contributed by atoms with Crippen LogP contribution in [0.5, 0.6) is 0 Å². The zero-order valence-electron chi connectivity index (χ0n) is 18.3. The van der Waals surface area contributed by atoms with E-state index in [1.807, 2.05) is 0 Å². The van der Waals surface area contributed by atoms with Gasteiger partial charge in [-0.05, 0) is 39.2 Å². The Morgan fingerprint density at radius 1 is 0.969 bits per heavy atom. The van der Waals surface area contributed by atoms with Crippen molar-refractivity contribution in [3.8, 4) is 0 Å². The van der Waals surface area contributed by atoms with E-state index in [4.69, 9.17) is 28.0 Å². The van der Waals surface area contributed by atoms with E-state index in [0.29, 0.717) is 32.2 Å². The van der Waals surface area contributed by atoms with Crippen molar-refractivity contribution in [2.45, 2.75) is 63.3 Å². The Kier molecular flexibility index (Phi) is 14.3. The minimum Gasteiger partial charge on any atom is -0.480 e. The van der Waals surface area contributed by atoms with Gasteiger partial charge in [0.15, 0.2) is 5.96 Å². The SMILES string of the molecule is CC(O)C(NC(=O)C(N)CCCCN)C(=O)NC(CCCN=C(N)N)C(=O)NCC(=O)O. The van der Waals surface area contributed by atoms with Crippen LogP contribution < -0.4 is 38.9 Å². The van der Waals surface area contributed by atoms with Gasteiger partial charge in [0.1, 0.15) is 18.6 Å². The Labute approximate surface area is 186 Å². The van der Waals surface area contributed by atoms with E-state index in [1.54, 1.807) is 0 Å². The van der Waals surface area contributed by atoms with E-state index >= 15 is 0 Å². The van der Waals surface area contributed by atoms with Gasteiger partial charge in [0.05, 0.1) is 12.1 Å².